The molecule has 3 aromatic rings. The topological polar surface area (TPSA) is 58.6 Å². The number of nitrogens with one attached hydrogen (secondary N) is 1. The Kier molecular flexibility index (Phi) is 9.16. The zero-order valence-electron chi connectivity index (χ0n) is 18.3. The summed E-state index contributed by atoms with van der Waals surface area (Å²) in [6.45, 7) is 2.29. The first-order valence-corrected chi connectivity index (χ1v) is 11.5. The molecule has 0 radical (unpaired) electrons. The molecule has 0 bridgehead atoms. The summed E-state index contributed by atoms with van der Waals surface area (Å²) in [5, 5.41) is 3.68. The molecule has 172 valence electrons. The average Bonchev–Trinajstić information content (AvgIpc) is 2.83. The summed E-state index contributed by atoms with van der Waals surface area (Å²) < 4.78 is 5.70. The number of ether oxygens (including phenoxy) is 1. The van der Waals surface area contributed by atoms with Gasteiger partial charge in [-0.15, -0.1) is 0 Å². The van der Waals surface area contributed by atoms with Gasteiger partial charge in [-0.1, -0.05) is 77.8 Å². The van der Waals surface area contributed by atoms with E-state index in [1.807, 2.05) is 55.5 Å². The molecule has 3 rings (SSSR count). The third-order valence-electron chi connectivity index (χ3n) is 5.06. The van der Waals surface area contributed by atoms with Gasteiger partial charge in [0.25, 0.3) is 5.91 Å². The lowest BCUT2D eigenvalue weighted by Crippen LogP contribution is -2.51. The van der Waals surface area contributed by atoms with Crippen molar-refractivity contribution < 1.29 is 14.3 Å². The summed E-state index contributed by atoms with van der Waals surface area (Å²) in [5.74, 6) is 0.0459. The first-order chi connectivity index (χ1) is 16.0. The third kappa shape index (κ3) is 7.24. The number of amides is 2. The van der Waals surface area contributed by atoms with Crippen LogP contribution in [0.4, 0.5) is 0 Å². The van der Waals surface area contributed by atoms with Crippen LogP contribution in [-0.4, -0.2) is 35.9 Å². The summed E-state index contributed by atoms with van der Waals surface area (Å²) in [5.41, 5.74) is 1.71. The van der Waals surface area contributed by atoms with E-state index in [1.54, 1.807) is 35.2 Å². The molecule has 1 atom stereocenters. The van der Waals surface area contributed by atoms with Crippen LogP contribution in [0.5, 0.6) is 5.75 Å². The number of carbonyl (C=O) groups is 2. The number of para-hydroxylation sites is 1. The largest absolute Gasteiger partial charge is 0.484 e. The lowest BCUT2D eigenvalue weighted by atomic mass is 10.0. The Morgan fingerprint density at radius 3 is 2.21 bits per heavy atom. The zero-order valence-corrected chi connectivity index (χ0v) is 19.9. The summed E-state index contributed by atoms with van der Waals surface area (Å²) in [7, 11) is 0. The number of benzene rings is 3. The van der Waals surface area contributed by atoms with Gasteiger partial charge in [0.15, 0.2) is 6.61 Å². The fraction of sp³-hybridized carbons (Fsp3) is 0.231. The molecular weight excluding hydrogens is 459 g/mol. The second-order valence-corrected chi connectivity index (χ2v) is 8.29. The zero-order chi connectivity index (χ0) is 23.6. The molecule has 5 nitrogen and oxygen atoms in total. The smallest absolute Gasteiger partial charge is 0.261 e. The molecule has 1 N–H and O–H groups in total. The van der Waals surface area contributed by atoms with Crippen molar-refractivity contribution in [3.63, 3.8) is 0 Å². The normalized spacial score (nSPS) is 11.5. The molecule has 0 saturated heterocycles. The molecule has 0 saturated carbocycles. The van der Waals surface area contributed by atoms with Gasteiger partial charge < -0.3 is 15.0 Å². The molecule has 0 aliphatic heterocycles. The molecule has 0 unspecified atom stereocenters. The fourth-order valence-corrected chi connectivity index (χ4v) is 3.75. The molecule has 0 aliphatic rings. The molecule has 7 heteroatoms. The van der Waals surface area contributed by atoms with Crippen molar-refractivity contribution in [2.45, 2.75) is 25.9 Å². The number of hydrogen-bond acceptors (Lipinski definition) is 3. The summed E-state index contributed by atoms with van der Waals surface area (Å²) >= 11 is 12.3. The summed E-state index contributed by atoms with van der Waals surface area (Å²) in [4.78, 5) is 28.0. The Hall–Kier alpha value is -3.02. The predicted octanol–water partition coefficient (Wildman–Crippen LogP) is 5.15. The summed E-state index contributed by atoms with van der Waals surface area (Å²) in [6.07, 6.45) is 0.366. The van der Waals surface area contributed by atoms with Crippen LogP contribution >= 0.6 is 23.2 Å². The van der Waals surface area contributed by atoms with Gasteiger partial charge in [0, 0.05) is 19.5 Å². The Morgan fingerprint density at radius 2 is 1.58 bits per heavy atom. The monoisotopic (exact) mass is 484 g/mol. The van der Waals surface area contributed by atoms with E-state index < -0.39 is 6.04 Å². The standard InChI is InChI=1S/C26H26Cl2N2O3/c1-2-29-26(32)24(16-19-9-5-3-6-10-19)30(17-20-13-14-22(27)23(28)15-20)25(31)18-33-21-11-7-4-8-12-21/h3-15,24H,2,16-18H2,1H3,(H,29,32)/t24-/m0/s1. The van der Waals surface area contributed by atoms with Crippen molar-refractivity contribution in [1.29, 1.82) is 0 Å². The molecule has 33 heavy (non-hydrogen) atoms. The maximum absolute atomic E-state index is 13.4. The highest BCUT2D eigenvalue weighted by Gasteiger charge is 2.30. The van der Waals surface area contributed by atoms with E-state index in [4.69, 9.17) is 27.9 Å². The molecule has 0 fully saturated rings. The van der Waals surface area contributed by atoms with Gasteiger partial charge in [0.2, 0.25) is 5.91 Å². The van der Waals surface area contributed by atoms with Crippen LogP contribution in [0.15, 0.2) is 78.9 Å². The minimum absolute atomic E-state index is 0.183. The van der Waals surface area contributed by atoms with Crippen LogP contribution in [0.1, 0.15) is 18.1 Å². The predicted molar refractivity (Wildman–Crippen MR) is 132 cm³/mol. The van der Waals surface area contributed by atoms with Crippen molar-refractivity contribution in [3.05, 3.63) is 100 Å². The van der Waals surface area contributed by atoms with Crippen molar-refractivity contribution >= 4 is 35.0 Å². The number of rotatable bonds is 10. The lowest BCUT2D eigenvalue weighted by molar-refractivity contribution is -0.142. The highest BCUT2D eigenvalue weighted by Crippen LogP contribution is 2.24. The molecule has 2 amide bonds. The van der Waals surface area contributed by atoms with E-state index in [2.05, 4.69) is 5.32 Å². The van der Waals surface area contributed by atoms with Crippen LogP contribution in [-0.2, 0) is 22.6 Å². The Morgan fingerprint density at radius 1 is 0.909 bits per heavy atom. The van der Waals surface area contributed by atoms with E-state index in [1.165, 1.54) is 0 Å². The maximum atomic E-state index is 13.4. The minimum Gasteiger partial charge on any atom is -0.484 e. The molecule has 3 aromatic carbocycles. The molecular formula is C26H26Cl2N2O3. The quantitative estimate of drug-likeness (QED) is 0.432. The second-order valence-electron chi connectivity index (χ2n) is 7.47. The Balaban J connectivity index is 1.90. The van der Waals surface area contributed by atoms with Crippen molar-refractivity contribution in [1.82, 2.24) is 10.2 Å². The number of nitrogens with zero attached hydrogens (tertiary/aromatic N) is 1. The van der Waals surface area contributed by atoms with Gasteiger partial charge in [0.05, 0.1) is 10.0 Å². The van der Waals surface area contributed by atoms with E-state index >= 15 is 0 Å². The molecule has 0 heterocycles. The SMILES string of the molecule is CCNC(=O)[C@H](Cc1ccccc1)N(Cc1ccc(Cl)c(Cl)c1)C(=O)COc1ccccc1. The number of carbonyl (C=O) groups excluding carboxylic acids is 2. The first kappa shape index (κ1) is 24.6. The van der Waals surface area contributed by atoms with E-state index in [9.17, 15) is 9.59 Å². The van der Waals surface area contributed by atoms with Crippen LogP contribution in [0.25, 0.3) is 0 Å². The van der Waals surface area contributed by atoms with Crippen LogP contribution in [0, 0.1) is 0 Å². The molecule has 0 aliphatic carbocycles. The fourth-order valence-electron chi connectivity index (χ4n) is 3.43. The van der Waals surface area contributed by atoms with Gasteiger partial charge in [-0.3, -0.25) is 9.59 Å². The van der Waals surface area contributed by atoms with Crippen LogP contribution < -0.4 is 10.1 Å². The van der Waals surface area contributed by atoms with Gasteiger partial charge in [-0.2, -0.15) is 0 Å². The van der Waals surface area contributed by atoms with Gasteiger partial charge in [-0.05, 0) is 42.3 Å². The maximum Gasteiger partial charge on any atom is 0.261 e. The Bertz CT molecular complexity index is 1060. The van der Waals surface area contributed by atoms with E-state index in [-0.39, 0.29) is 25.0 Å². The number of halogens is 2. The van der Waals surface area contributed by atoms with Gasteiger partial charge in [-0.25, -0.2) is 0 Å². The minimum atomic E-state index is -0.728. The molecule has 0 aromatic heterocycles. The third-order valence-corrected chi connectivity index (χ3v) is 5.80. The van der Waals surface area contributed by atoms with E-state index in [0.29, 0.717) is 28.8 Å². The van der Waals surface area contributed by atoms with Crippen molar-refractivity contribution in [2.75, 3.05) is 13.2 Å². The highest BCUT2D eigenvalue weighted by molar-refractivity contribution is 6.42. The van der Waals surface area contributed by atoms with Gasteiger partial charge in [0.1, 0.15) is 11.8 Å². The van der Waals surface area contributed by atoms with E-state index in [0.717, 1.165) is 11.1 Å². The van der Waals surface area contributed by atoms with Crippen molar-refractivity contribution in [3.8, 4) is 5.75 Å². The van der Waals surface area contributed by atoms with Gasteiger partial charge >= 0.3 is 0 Å². The second kappa shape index (κ2) is 12.3. The van der Waals surface area contributed by atoms with Crippen molar-refractivity contribution in [2.24, 2.45) is 0 Å². The lowest BCUT2D eigenvalue weighted by Gasteiger charge is -2.31. The van der Waals surface area contributed by atoms with Crippen LogP contribution in [0.3, 0.4) is 0 Å². The number of hydrogen-bond donors (Lipinski definition) is 1. The Labute approximate surface area is 204 Å². The number of likely N-dealkylation sites (N-methyl/N-ethyl adjacent to an activating group) is 1. The van der Waals surface area contributed by atoms with Crippen LogP contribution in [0.2, 0.25) is 10.0 Å². The summed E-state index contributed by atoms with van der Waals surface area (Å²) in [6, 6.07) is 23.2. The average molecular weight is 485 g/mol. The molecule has 0 spiro atoms. The highest BCUT2D eigenvalue weighted by atomic mass is 35.5. The first-order valence-electron chi connectivity index (χ1n) is 10.7.